The van der Waals surface area contributed by atoms with E-state index in [0.29, 0.717) is 0 Å². The number of hydrogen-bond acceptors (Lipinski definition) is 7. The quantitative estimate of drug-likeness (QED) is 0.144. The zero-order chi connectivity index (χ0) is 30.1. The van der Waals surface area contributed by atoms with Crippen molar-refractivity contribution < 1.29 is 33.3 Å². The number of rotatable bonds is 12. The minimum absolute atomic E-state index is 0.00888. The third-order valence-corrected chi connectivity index (χ3v) is 7.10. The molecule has 0 aliphatic carbocycles. The van der Waals surface area contributed by atoms with E-state index < -0.39 is 30.9 Å². The van der Waals surface area contributed by atoms with Crippen LogP contribution >= 0.6 is 46.4 Å². The molecule has 0 aliphatic heterocycles. The van der Waals surface area contributed by atoms with Crippen LogP contribution in [0.3, 0.4) is 0 Å². The van der Waals surface area contributed by atoms with Gasteiger partial charge in [-0.15, -0.1) is 0 Å². The Labute approximate surface area is 261 Å². The Morgan fingerprint density at radius 1 is 0.524 bits per heavy atom. The molecule has 0 radical (unpaired) electrons. The second kappa shape index (κ2) is 14.9. The van der Waals surface area contributed by atoms with Crippen LogP contribution in [0.4, 0.5) is 0 Å². The fourth-order valence-corrected chi connectivity index (χ4v) is 4.77. The van der Waals surface area contributed by atoms with Gasteiger partial charge in [0.25, 0.3) is 0 Å². The average Bonchev–Trinajstić information content (AvgIpc) is 2.99. The zero-order valence-corrected chi connectivity index (χ0v) is 24.8. The molecule has 216 valence electrons. The van der Waals surface area contributed by atoms with Gasteiger partial charge in [0.05, 0.1) is 20.1 Å². The van der Waals surface area contributed by atoms with Crippen molar-refractivity contribution in [3.63, 3.8) is 0 Å². The molecule has 0 amide bonds. The molecule has 11 heteroatoms. The van der Waals surface area contributed by atoms with Gasteiger partial charge in [0.15, 0.2) is 13.2 Å². The highest BCUT2D eigenvalue weighted by molar-refractivity contribution is 6.41. The molecule has 0 fully saturated rings. The molecule has 0 unspecified atom stereocenters. The largest absolute Gasteiger partial charge is 0.487 e. The van der Waals surface area contributed by atoms with E-state index in [4.69, 9.17) is 65.4 Å². The van der Waals surface area contributed by atoms with E-state index in [9.17, 15) is 14.4 Å². The molecule has 0 saturated carbocycles. The van der Waals surface area contributed by atoms with Gasteiger partial charge in [0.2, 0.25) is 5.78 Å². The highest BCUT2D eigenvalue weighted by atomic mass is 35.5. The van der Waals surface area contributed by atoms with Crippen molar-refractivity contribution in [1.82, 2.24) is 0 Å². The number of carbonyl (C=O) groups excluding carboxylic acids is 3. The third kappa shape index (κ3) is 8.17. The van der Waals surface area contributed by atoms with E-state index in [1.165, 1.54) is 24.3 Å². The van der Waals surface area contributed by atoms with Crippen LogP contribution in [-0.2, 0) is 27.5 Å². The van der Waals surface area contributed by atoms with E-state index in [1.807, 2.05) is 60.7 Å². The number of ketones is 1. The summed E-state index contributed by atoms with van der Waals surface area (Å²) >= 11 is 25.1. The first-order valence-corrected chi connectivity index (χ1v) is 13.9. The maximum Gasteiger partial charge on any atom is 0.341 e. The van der Waals surface area contributed by atoms with Gasteiger partial charge < -0.3 is 18.9 Å². The Kier molecular flexibility index (Phi) is 11.1. The maximum atomic E-state index is 12.7. The lowest BCUT2D eigenvalue weighted by atomic mass is 10.2. The maximum absolute atomic E-state index is 12.7. The predicted octanol–water partition coefficient (Wildman–Crippen LogP) is 8.04. The van der Waals surface area contributed by atoms with Crippen molar-refractivity contribution in [1.29, 1.82) is 0 Å². The molecule has 0 heterocycles. The van der Waals surface area contributed by atoms with Crippen LogP contribution in [-0.4, -0.2) is 30.9 Å². The number of ether oxygens (including phenoxy) is 4. The molecule has 0 bridgehead atoms. The highest BCUT2D eigenvalue weighted by Crippen LogP contribution is 2.35. The summed E-state index contributed by atoms with van der Waals surface area (Å²) in [6.07, 6.45) is 0. The number of hydrogen-bond donors (Lipinski definition) is 0. The van der Waals surface area contributed by atoms with Crippen LogP contribution in [0.25, 0.3) is 0 Å². The van der Waals surface area contributed by atoms with Gasteiger partial charge in [-0.3, -0.25) is 4.79 Å². The van der Waals surface area contributed by atoms with Crippen molar-refractivity contribution in [3.8, 4) is 11.5 Å². The summed E-state index contributed by atoms with van der Waals surface area (Å²) < 4.78 is 21.6. The van der Waals surface area contributed by atoms with Crippen LogP contribution in [0.1, 0.15) is 31.8 Å². The first kappa shape index (κ1) is 31.2. The van der Waals surface area contributed by atoms with E-state index in [1.54, 1.807) is 0 Å². The smallest absolute Gasteiger partial charge is 0.341 e. The van der Waals surface area contributed by atoms with E-state index >= 15 is 0 Å². The molecule has 0 aromatic heterocycles. The Balaban J connectivity index is 1.32. The minimum Gasteiger partial charge on any atom is -0.487 e. The van der Waals surface area contributed by atoms with Crippen LogP contribution in [0.5, 0.6) is 11.5 Å². The monoisotopic (exact) mass is 646 g/mol. The molecule has 4 aromatic carbocycles. The van der Waals surface area contributed by atoms with Crippen molar-refractivity contribution >= 4 is 64.1 Å². The standard InChI is InChI=1S/C31H22Cl4O7/c32-22-11-13-24(39-15-19-7-3-1-4-8-19)28(34)26(22)30(37)41-17-21(36)18-42-31(38)27-23(33)12-14-25(29(27)35)40-16-20-9-5-2-6-10-20/h1-14H,15-18H2. The summed E-state index contributed by atoms with van der Waals surface area (Å²) in [6, 6.07) is 24.6. The van der Waals surface area contributed by atoms with Crippen molar-refractivity contribution in [2.24, 2.45) is 0 Å². The van der Waals surface area contributed by atoms with Crippen molar-refractivity contribution in [2.75, 3.05) is 13.2 Å². The van der Waals surface area contributed by atoms with Gasteiger partial charge in [0.1, 0.15) is 35.8 Å². The Bertz CT molecular complexity index is 1460. The second-order valence-corrected chi connectivity index (χ2v) is 10.3. The first-order valence-electron chi connectivity index (χ1n) is 12.4. The molecular weight excluding hydrogens is 626 g/mol. The molecular formula is C31H22Cl4O7. The normalized spacial score (nSPS) is 10.6. The van der Waals surface area contributed by atoms with E-state index in [2.05, 4.69) is 0 Å². The summed E-state index contributed by atoms with van der Waals surface area (Å²) in [5, 5.41) is -0.119. The average molecular weight is 648 g/mol. The van der Waals surface area contributed by atoms with Crippen molar-refractivity contribution in [3.05, 3.63) is 127 Å². The lowest BCUT2D eigenvalue weighted by Gasteiger charge is -2.13. The zero-order valence-electron chi connectivity index (χ0n) is 21.8. The number of carbonyl (C=O) groups is 3. The molecule has 4 rings (SSSR count). The summed E-state index contributed by atoms with van der Waals surface area (Å²) in [5.74, 6) is -2.21. The van der Waals surface area contributed by atoms with Crippen LogP contribution < -0.4 is 9.47 Å². The van der Waals surface area contributed by atoms with Crippen LogP contribution in [0.2, 0.25) is 20.1 Å². The Hall–Kier alpha value is -3.75. The lowest BCUT2D eigenvalue weighted by molar-refractivity contribution is -0.125. The van der Waals surface area contributed by atoms with Gasteiger partial charge in [-0.25, -0.2) is 9.59 Å². The summed E-state index contributed by atoms with van der Waals surface area (Å²) in [7, 11) is 0. The molecule has 7 nitrogen and oxygen atoms in total. The number of benzene rings is 4. The topological polar surface area (TPSA) is 88.1 Å². The minimum atomic E-state index is -0.954. The Morgan fingerprint density at radius 3 is 1.29 bits per heavy atom. The van der Waals surface area contributed by atoms with Crippen LogP contribution in [0.15, 0.2) is 84.9 Å². The van der Waals surface area contributed by atoms with Gasteiger partial charge >= 0.3 is 11.9 Å². The predicted molar refractivity (Wildman–Crippen MR) is 160 cm³/mol. The van der Waals surface area contributed by atoms with E-state index in [-0.39, 0.29) is 55.9 Å². The molecule has 0 saturated heterocycles. The molecule has 42 heavy (non-hydrogen) atoms. The van der Waals surface area contributed by atoms with E-state index in [0.717, 1.165) is 11.1 Å². The fourth-order valence-electron chi connectivity index (χ4n) is 3.61. The number of halogens is 4. The molecule has 0 aliphatic rings. The lowest BCUT2D eigenvalue weighted by Crippen LogP contribution is -2.21. The SMILES string of the molecule is O=C(COC(=O)c1c(Cl)ccc(OCc2ccccc2)c1Cl)COC(=O)c1c(Cl)ccc(OCc2ccccc2)c1Cl. The Morgan fingerprint density at radius 2 is 0.905 bits per heavy atom. The van der Waals surface area contributed by atoms with Gasteiger partial charge in [-0.1, -0.05) is 107 Å². The molecule has 0 N–H and O–H groups in total. The second-order valence-electron chi connectivity index (χ2n) is 8.71. The first-order chi connectivity index (χ1) is 20.2. The number of esters is 2. The number of Topliss-reactive ketones (excluding diaryl/α,β-unsaturated/α-hetero) is 1. The third-order valence-electron chi connectivity index (χ3n) is 5.72. The summed E-state index contributed by atoms with van der Waals surface area (Å²) in [5.41, 5.74) is 1.45. The van der Waals surface area contributed by atoms with Gasteiger partial charge in [0, 0.05) is 0 Å². The molecule has 0 atom stereocenters. The summed E-state index contributed by atoms with van der Waals surface area (Å²) in [4.78, 5) is 37.8. The van der Waals surface area contributed by atoms with Gasteiger partial charge in [-0.05, 0) is 35.4 Å². The van der Waals surface area contributed by atoms with Gasteiger partial charge in [-0.2, -0.15) is 0 Å². The highest BCUT2D eigenvalue weighted by Gasteiger charge is 2.23. The fraction of sp³-hybridized carbons (Fsp3) is 0.129. The summed E-state index contributed by atoms with van der Waals surface area (Å²) in [6.45, 7) is -1.02. The molecule has 0 spiro atoms. The molecule has 4 aromatic rings. The van der Waals surface area contributed by atoms with Crippen LogP contribution in [0, 0.1) is 0 Å². The van der Waals surface area contributed by atoms with Crippen molar-refractivity contribution in [2.45, 2.75) is 13.2 Å².